The molecule has 1 heterocycles. The Hall–Kier alpha value is -0.950. The van der Waals surface area contributed by atoms with Crippen LogP contribution in [0.15, 0.2) is 0 Å². The molecular weight excluding hydrogens is 184 g/mol. The highest BCUT2D eigenvalue weighted by Gasteiger charge is 2.00. The highest BCUT2D eigenvalue weighted by Crippen LogP contribution is 2.09. The SMILES string of the molecule is CNC(=O)Nc1n[nH]c(=S)s1. The van der Waals surface area contributed by atoms with Gasteiger partial charge >= 0.3 is 6.03 Å². The first-order chi connectivity index (χ1) is 5.22. The highest BCUT2D eigenvalue weighted by molar-refractivity contribution is 7.73. The van der Waals surface area contributed by atoms with Crippen LogP contribution in [0.4, 0.5) is 9.93 Å². The van der Waals surface area contributed by atoms with E-state index in [0.717, 1.165) is 0 Å². The molecule has 7 heteroatoms. The predicted octanol–water partition coefficient (Wildman–Crippen LogP) is 0.952. The molecule has 0 aliphatic carbocycles. The van der Waals surface area contributed by atoms with Crippen molar-refractivity contribution in [1.29, 1.82) is 0 Å². The Balaban J connectivity index is 2.65. The van der Waals surface area contributed by atoms with Gasteiger partial charge in [0.2, 0.25) is 5.13 Å². The van der Waals surface area contributed by atoms with Crippen LogP contribution >= 0.6 is 23.6 Å². The van der Waals surface area contributed by atoms with Crippen molar-refractivity contribution in [1.82, 2.24) is 15.5 Å². The number of anilines is 1. The molecule has 1 aromatic heterocycles. The van der Waals surface area contributed by atoms with Gasteiger partial charge in [-0.3, -0.25) is 10.4 Å². The van der Waals surface area contributed by atoms with E-state index in [-0.39, 0.29) is 6.03 Å². The van der Waals surface area contributed by atoms with Crippen molar-refractivity contribution in [3.05, 3.63) is 3.95 Å². The molecule has 1 rings (SSSR count). The standard InChI is InChI=1S/C4H6N4OS2/c1-5-2(9)6-3-7-8-4(10)11-3/h1H3,(H,8,10)(H2,5,6,7,9). The number of carbonyl (C=O) groups excluding carboxylic acids is 1. The first kappa shape index (κ1) is 8.15. The minimum Gasteiger partial charge on any atom is -0.341 e. The zero-order valence-electron chi connectivity index (χ0n) is 5.67. The molecule has 0 spiro atoms. The molecule has 0 saturated carbocycles. The monoisotopic (exact) mass is 190 g/mol. The molecule has 0 radical (unpaired) electrons. The number of carbonyl (C=O) groups is 1. The summed E-state index contributed by atoms with van der Waals surface area (Å²) in [5, 5.41) is 11.6. The Labute approximate surface area is 71.8 Å². The third kappa shape index (κ3) is 2.28. The number of aromatic amines is 1. The normalized spacial score (nSPS) is 9.18. The summed E-state index contributed by atoms with van der Waals surface area (Å²) in [6, 6.07) is -0.303. The number of nitrogens with one attached hydrogen (secondary N) is 3. The molecule has 0 aliphatic rings. The zero-order chi connectivity index (χ0) is 8.27. The predicted molar refractivity (Wildman–Crippen MR) is 45.4 cm³/mol. The quantitative estimate of drug-likeness (QED) is 0.577. The van der Waals surface area contributed by atoms with Gasteiger partial charge in [-0.25, -0.2) is 4.79 Å². The fourth-order valence-corrected chi connectivity index (χ4v) is 1.23. The lowest BCUT2D eigenvalue weighted by atomic mass is 10.9. The Morgan fingerprint density at radius 2 is 2.55 bits per heavy atom. The summed E-state index contributed by atoms with van der Waals surface area (Å²) in [6.45, 7) is 0. The van der Waals surface area contributed by atoms with Gasteiger partial charge in [-0.15, -0.1) is 5.10 Å². The van der Waals surface area contributed by atoms with Crippen molar-refractivity contribution in [3.63, 3.8) is 0 Å². The van der Waals surface area contributed by atoms with Gasteiger partial charge < -0.3 is 5.32 Å². The van der Waals surface area contributed by atoms with Gasteiger partial charge in [0.25, 0.3) is 0 Å². The molecule has 0 saturated heterocycles. The number of hydrogen-bond acceptors (Lipinski definition) is 4. The molecule has 3 N–H and O–H groups in total. The van der Waals surface area contributed by atoms with E-state index in [4.69, 9.17) is 12.2 Å². The molecule has 0 aromatic carbocycles. The minimum absolute atomic E-state index is 0.303. The van der Waals surface area contributed by atoms with Gasteiger partial charge in [0.05, 0.1) is 0 Å². The summed E-state index contributed by atoms with van der Waals surface area (Å²) in [5.41, 5.74) is 0. The molecule has 0 fully saturated rings. The molecule has 0 aliphatic heterocycles. The number of aromatic nitrogens is 2. The Morgan fingerprint density at radius 3 is 3.00 bits per heavy atom. The van der Waals surface area contributed by atoms with Crippen LogP contribution in [0.2, 0.25) is 0 Å². The van der Waals surface area contributed by atoms with Gasteiger partial charge in [0.1, 0.15) is 0 Å². The molecule has 2 amide bonds. The molecular formula is C4H6N4OS2. The van der Waals surface area contributed by atoms with Crippen LogP contribution in [0.1, 0.15) is 0 Å². The van der Waals surface area contributed by atoms with E-state index in [0.29, 0.717) is 9.09 Å². The first-order valence-corrected chi connectivity index (χ1v) is 3.99. The van der Waals surface area contributed by atoms with Gasteiger partial charge in [-0.1, -0.05) is 11.3 Å². The zero-order valence-corrected chi connectivity index (χ0v) is 7.30. The second kappa shape index (κ2) is 3.44. The van der Waals surface area contributed by atoms with Crippen LogP contribution in [0.5, 0.6) is 0 Å². The van der Waals surface area contributed by atoms with Crippen molar-refractivity contribution < 1.29 is 4.79 Å². The Morgan fingerprint density at radius 1 is 1.82 bits per heavy atom. The maximum atomic E-state index is 10.7. The maximum absolute atomic E-state index is 10.7. The number of amides is 2. The van der Waals surface area contributed by atoms with Crippen molar-refractivity contribution in [2.75, 3.05) is 12.4 Å². The third-order valence-electron chi connectivity index (χ3n) is 0.886. The number of rotatable bonds is 1. The van der Waals surface area contributed by atoms with E-state index in [9.17, 15) is 4.79 Å². The summed E-state index contributed by atoms with van der Waals surface area (Å²) in [6.07, 6.45) is 0. The van der Waals surface area contributed by atoms with E-state index in [1.807, 2.05) is 0 Å². The number of H-pyrrole nitrogens is 1. The van der Waals surface area contributed by atoms with E-state index in [1.54, 1.807) is 0 Å². The lowest BCUT2D eigenvalue weighted by Crippen LogP contribution is -2.24. The number of hydrogen-bond donors (Lipinski definition) is 3. The molecule has 0 bridgehead atoms. The minimum atomic E-state index is -0.303. The van der Waals surface area contributed by atoms with Crippen LogP contribution in [0, 0.1) is 3.95 Å². The van der Waals surface area contributed by atoms with Gasteiger partial charge in [-0.05, 0) is 12.2 Å². The van der Waals surface area contributed by atoms with E-state index < -0.39 is 0 Å². The van der Waals surface area contributed by atoms with Gasteiger partial charge in [-0.2, -0.15) is 0 Å². The first-order valence-electron chi connectivity index (χ1n) is 2.76. The second-order valence-electron chi connectivity index (χ2n) is 1.62. The summed E-state index contributed by atoms with van der Waals surface area (Å²) >= 11 is 5.96. The molecule has 11 heavy (non-hydrogen) atoms. The van der Waals surface area contributed by atoms with E-state index in [1.165, 1.54) is 18.4 Å². The Kier molecular flexibility index (Phi) is 2.55. The van der Waals surface area contributed by atoms with Crippen LogP contribution in [-0.4, -0.2) is 23.3 Å². The van der Waals surface area contributed by atoms with Crippen molar-refractivity contribution >= 4 is 34.7 Å². The second-order valence-corrected chi connectivity index (χ2v) is 3.29. The summed E-state index contributed by atoms with van der Waals surface area (Å²) < 4.78 is 0.538. The highest BCUT2D eigenvalue weighted by atomic mass is 32.1. The van der Waals surface area contributed by atoms with E-state index in [2.05, 4.69) is 20.8 Å². The van der Waals surface area contributed by atoms with Crippen molar-refractivity contribution in [2.45, 2.75) is 0 Å². The number of nitrogens with zero attached hydrogens (tertiary/aromatic N) is 1. The molecule has 0 unspecified atom stereocenters. The molecule has 1 aromatic rings. The van der Waals surface area contributed by atoms with Gasteiger partial charge in [0.15, 0.2) is 3.95 Å². The summed E-state index contributed by atoms with van der Waals surface area (Å²) in [5.74, 6) is 0. The smallest absolute Gasteiger partial charge is 0.320 e. The Bertz CT molecular complexity index is 303. The van der Waals surface area contributed by atoms with E-state index >= 15 is 0 Å². The number of urea groups is 1. The fourth-order valence-electron chi connectivity index (χ4n) is 0.443. The van der Waals surface area contributed by atoms with Gasteiger partial charge in [0, 0.05) is 7.05 Å². The average Bonchev–Trinajstić information content (AvgIpc) is 2.35. The summed E-state index contributed by atoms with van der Waals surface area (Å²) in [4.78, 5) is 10.7. The lowest BCUT2D eigenvalue weighted by Gasteiger charge is -1.96. The lowest BCUT2D eigenvalue weighted by molar-refractivity contribution is 0.254. The van der Waals surface area contributed by atoms with Crippen LogP contribution in [0.25, 0.3) is 0 Å². The van der Waals surface area contributed by atoms with Crippen LogP contribution in [-0.2, 0) is 0 Å². The molecule has 5 nitrogen and oxygen atoms in total. The topological polar surface area (TPSA) is 69.8 Å². The van der Waals surface area contributed by atoms with Crippen molar-refractivity contribution in [2.24, 2.45) is 0 Å². The van der Waals surface area contributed by atoms with Crippen LogP contribution < -0.4 is 10.6 Å². The maximum Gasteiger partial charge on any atom is 0.320 e. The van der Waals surface area contributed by atoms with Crippen molar-refractivity contribution in [3.8, 4) is 0 Å². The third-order valence-corrected chi connectivity index (χ3v) is 1.89. The summed E-state index contributed by atoms with van der Waals surface area (Å²) in [7, 11) is 1.53. The fraction of sp³-hybridized carbons (Fsp3) is 0.250. The largest absolute Gasteiger partial charge is 0.341 e. The molecule has 60 valence electrons. The average molecular weight is 190 g/mol. The van der Waals surface area contributed by atoms with Crippen LogP contribution in [0.3, 0.4) is 0 Å². The molecule has 0 atom stereocenters.